The van der Waals surface area contributed by atoms with Crippen LogP contribution in [0.4, 0.5) is 5.69 Å². The molecule has 0 heterocycles. The van der Waals surface area contributed by atoms with Crippen molar-refractivity contribution in [1.29, 1.82) is 0 Å². The van der Waals surface area contributed by atoms with E-state index < -0.39 is 0 Å². The fraction of sp³-hybridized carbons (Fsp3) is 0.400. The number of nitrogens with zero attached hydrogens (tertiary/aromatic N) is 1. The van der Waals surface area contributed by atoms with Gasteiger partial charge in [-0.05, 0) is 31.2 Å². The van der Waals surface area contributed by atoms with Gasteiger partial charge in [0.25, 0.3) is 4.92 Å². The molecule has 3 nitrogen and oxygen atoms in total. The molecule has 1 aromatic rings. The summed E-state index contributed by atoms with van der Waals surface area (Å²) in [7, 11) is 1.36. The van der Waals surface area contributed by atoms with Crippen molar-refractivity contribution in [2.45, 2.75) is 18.7 Å². The van der Waals surface area contributed by atoms with Gasteiger partial charge in [0.2, 0.25) is 0 Å². The molecule has 0 amide bonds. The molecule has 4 heteroatoms. The zero-order valence-corrected chi connectivity index (χ0v) is 9.64. The molecule has 0 fully saturated rings. The average molecular weight is 212 g/mol. The predicted molar refractivity (Wildman–Crippen MR) is 58.0 cm³/mol. The minimum absolute atomic E-state index is 0.518. The molecule has 0 aliphatic rings. The van der Waals surface area contributed by atoms with E-state index in [9.17, 15) is 4.91 Å². The maximum atomic E-state index is 11.2. The molecule has 0 N–H and O–H groups in total. The van der Waals surface area contributed by atoms with Crippen molar-refractivity contribution in [3.63, 3.8) is 0 Å². The zero-order chi connectivity index (χ0) is 10.7. The Hall–Kier alpha value is -1.03. The molecule has 76 valence electrons. The largest absolute Gasteiger partial charge is 0.317 e. The first-order valence-corrected chi connectivity index (χ1v) is 5.49. The first-order valence-electron chi connectivity index (χ1n) is 4.26. The van der Waals surface area contributed by atoms with Gasteiger partial charge in [0, 0.05) is 17.0 Å². The van der Waals surface area contributed by atoms with Gasteiger partial charge in [0.05, 0.1) is 4.91 Å². The summed E-state index contributed by atoms with van der Waals surface area (Å²) in [4.78, 5) is 17.5. The number of aryl methyl sites for hydroxylation is 2. The summed E-state index contributed by atoms with van der Waals surface area (Å²) < 4.78 is 0. The molecule has 14 heavy (non-hydrogen) atoms. The number of hydrogen-bond donors (Lipinski definition) is 0. The highest BCUT2D eigenvalue weighted by molar-refractivity contribution is 7.98. The van der Waals surface area contributed by atoms with Crippen LogP contribution in [0.2, 0.25) is 0 Å². The molecule has 0 unspecified atom stereocenters. The van der Waals surface area contributed by atoms with E-state index >= 15 is 0 Å². The van der Waals surface area contributed by atoms with Crippen molar-refractivity contribution in [1.82, 2.24) is 0 Å². The summed E-state index contributed by atoms with van der Waals surface area (Å²) in [5.74, 6) is 0. The third-order valence-corrected chi connectivity index (χ3v) is 3.08. The lowest BCUT2D eigenvalue weighted by Crippen LogP contribution is -1.99. The van der Waals surface area contributed by atoms with E-state index in [-0.39, 0.29) is 0 Å². The van der Waals surface area contributed by atoms with E-state index in [4.69, 9.17) is 0 Å². The molecule has 0 saturated carbocycles. The Labute approximate surface area is 88.0 Å². The quantitative estimate of drug-likeness (QED) is 0.569. The maximum Gasteiger partial charge on any atom is 0.317 e. The molecule has 0 saturated heterocycles. The van der Waals surface area contributed by atoms with Crippen molar-refractivity contribution in [3.8, 4) is 0 Å². The normalized spacial score (nSPS) is 10.0. The molecular weight excluding hydrogens is 198 g/mol. The fourth-order valence-electron chi connectivity index (χ4n) is 1.46. The molecule has 1 aromatic carbocycles. The highest BCUT2D eigenvalue weighted by Crippen LogP contribution is 2.28. The first kappa shape index (κ1) is 11.0. The standard InChI is InChI=1S/C10H14NO2S/c1-7-5-9(11(12)13-3)6-8(2)10(7)14-4/h5-6H,1-4H3/q+1. The van der Waals surface area contributed by atoms with Crippen LogP contribution in [0.15, 0.2) is 17.0 Å². The van der Waals surface area contributed by atoms with E-state index in [1.807, 2.05) is 32.2 Å². The third-order valence-electron chi connectivity index (χ3n) is 2.03. The topological polar surface area (TPSA) is 29.3 Å². The van der Waals surface area contributed by atoms with Crippen LogP contribution in [0.3, 0.4) is 0 Å². The van der Waals surface area contributed by atoms with Crippen LogP contribution in [0.25, 0.3) is 0 Å². The summed E-state index contributed by atoms with van der Waals surface area (Å²) >= 11 is 1.69. The molecule has 1 rings (SSSR count). The Bertz CT molecular complexity index is 340. The van der Waals surface area contributed by atoms with E-state index in [1.54, 1.807) is 11.8 Å². The lowest BCUT2D eigenvalue weighted by Gasteiger charge is -2.04. The van der Waals surface area contributed by atoms with Gasteiger partial charge in [-0.25, -0.2) is 4.84 Å². The average Bonchev–Trinajstić information content (AvgIpc) is 2.16. The van der Waals surface area contributed by atoms with Crippen molar-refractivity contribution in [3.05, 3.63) is 28.2 Å². The minimum atomic E-state index is 0.518. The van der Waals surface area contributed by atoms with Gasteiger partial charge in [-0.3, -0.25) is 0 Å². The van der Waals surface area contributed by atoms with Crippen LogP contribution in [0, 0.1) is 18.8 Å². The highest BCUT2D eigenvalue weighted by atomic mass is 32.2. The SMILES string of the molecule is CO[N+](=O)c1cc(C)c(SC)c(C)c1. The van der Waals surface area contributed by atoms with Crippen LogP contribution < -0.4 is 0 Å². The van der Waals surface area contributed by atoms with E-state index in [0.29, 0.717) is 10.6 Å². The van der Waals surface area contributed by atoms with Gasteiger partial charge in [-0.2, -0.15) is 0 Å². The number of hydrogen-bond acceptors (Lipinski definition) is 3. The molecular formula is C10H14NO2S+. The van der Waals surface area contributed by atoms with Crippen LogP contribution in [-0.4, -0.2) is 18.3 Å². The fourth-order valence-corrected chi connectivity index (χ4v) is 2.22. The van der Waals surface area contributed by atoms with Gasteiger partial charge in [0.15, 0.2) is 7.11 Å². The first-order chi connectivity index (χ1) is 6.60. The molecule has 0 aliphatic heterocycles. The molecule has 0 atom stereocenters. The van der Waals surface area contributed by atoms with Gasteiger partial charge < -0.3 is 0 Å². The Kier molecular flexibility index (Phi) is 3.52. The monoisotopic (exact) mass is 212 g/mol. The van der Waals surface area contributed by atoms with Gasteiger partial charge in [-0.1, -0.05) is 0 Å². The predicted octanol–water partition coefficient (Wildman–Crippen LogP) is 3.00. The Morgan fingerprint density at radius 1 is 1.29 bits per heavy atom. The summed E-state index contributed by atoms with van der Waals surface area (Å²) in [6.45, 7) is 3.98. The smallest absolute Gasteiger partial charge is 0.230 e. The highest BCUT2D eigenvalue weighted by Gasteiger charge is 2.17. The summed E-state index contributed by atoms with van der Waals surface area (Å²) in [5.41, 5.74) is 2.75. The molecule has 0 aromatic heterocycles. The molecule has 0 radical (unpaired) electrons. The lowest BCUT2D eigenvalue weighted by molar-refractivity contribution is -0.736. The Morgan fingerprint density at radius 2 is 1.79 bits per heavy atom. The van der Waals surface area contributed by atoms with Crippen LogP contribution >= 0.6 is 11.8 Å². The molecule has 0 spiro atoms. The maximum absolute atomic E-state index is 11.2. The molecule has 0 aliphatic carbocycles. The van der Waals surface area contributed by atoms with Gasteiger partial charge in [0.1, 0.15) is 0 Å². The number of thioether (sulfide) groups is 1. The number of benzene rings is 1. The van der Waals surface area contributed by atoms with Crippen molar-refractivity contribution < 1.29 is 9.76 Å². The van der Waals surface area contributed by atoms with E-state index in [0.717, 1.165) is 11.1 Å². The second kappa shape index (κ2) is 4.46. The summed E-state index contributed by atoms with van der Waals surface area (Å²) in [6.07, 6.45) is 2.03. The summed E-state index contributed by atoms with van der Waals surface area (Å²) in [5, 5.41) is 0. The van der Waals surface area contributed by atoms with Crippen LogP contribution in [0.1, 0.15) is 11.1 Å². The van der Waals surface area contributed by atoms with Crippen molar-refractivity contribution in [2.24, 2.45) is 0 Å². The van der Waals surface area contributed by atoms with E-state index in [1.165, 1.54) is 12.0 Å². The minimum Gasteiger partial charge on any atom is -0.230 e. The Balaban J connectivity index is 3.20. The van der Waals surface area contributed by atoms with Crippen LogP contribution in [-0.2, 0) is 4.84 Å². The zero-order valence-electron chi connectivity index (χ0n) is 8.83. The summed E-state index contributed by atoms with van der Waals surface area (Å²) in [6, 6.07) is 3.66. The second-order valence-electron chi connectivity index (χ2n) is 3.05. The van der Waals surface area contributed by atoms with Crippen molar-refractivity contribution >= 4 is 17.4 Å². The van der Waals surface area contributed by atoms with Crippen molar-refractivity contribution in [2.75, 3.05) is 13.4 Å². The Morgan fingerprint density at radius 3 is 2.14 bits per heavy atom. The van der Waals surface area contributed by atoms with Crippen LogP contribution in [0.5, 0.6) is 0 Å². The van der Waals surface area contributed by atoms with E-state index in [2.05, 4.69) is 4.84 Å². The second-order valence-corrected chi connectivity index (χ2v) is 3.87. The van der Waals surface area contributed by atoms with Gasteiger partial charge in [-0.15, -0.1) is 11.8 Å². The number of rotatable bonds is 3. The molecule has 0 bridgehead atoms. The third kappa shape index (κ3) is 2.07. The lowest BCUT2D eigenvalue weighted by atomic mass is 10.1. The van der Waals surface area contributed by atoms with Gasteiger partial charge >= 0.3 is 5.69 Å².